The number of hydrogen-bond donors (Lipinski definition) is 1. The van der Waals surface area contributed by atoms with E-state index in [-0.39, 0.29) is 0 Å². The highest BCUT2D eigenvalue weighted by Crippen LogP contribution is 2.19. The van der Waals surface area contributed by atoms with Crippen molar-refractivity contribution in [3.05, 3.63) is 18.2 Å². The van der Waals surface area contributed by atoms with Crippen LogP contribution in [0, 0.1) is 5.82 Å². The van der Waals surface area contributed by atoms with Crippen molar-refractivity contribution in [3.8, 4) is 0 Å². The molecule has 0 amide bonds. The largest absolute Gasteiger partial charge is 0.346 e. The SMILES string of the molecule is CCC(CCl)(CCl)Nc1ncc(F)cn1. The molecule has 0 saturated heterocycles. The van der Waals surface area contributed by atoms with Crippen molar-refractivity contribution >= 4 is 29.2 Å². The van der Waals surface area contributed by atoms with E-state index in [0.717, 1.165) is 18.8 Å². The Bertz CT molecular complexity index is 292. The van der Waals surface area contributed by atoms with Gasteiger partial charge in [0.2, 0.25) is 5.95 Å². The van der Waals surface area contributed by atoms with Crippen molar-refractivity contribution < 1.29 is 4.39 Å². The molecule has 0 fully saturated rings. The molecule has 0 radical (unpaired) electrons. The molecule has 0 unspecified atom stereocenters. The first kappa shape index (κ1) is 12.5. The number of hydrogen-bond acceptors (Lipinski definition) is 3. The van der Waals surface area contributed by atoms with Crippen molar-refractivity contribution in [1.82, 2.24) is 9.97 Å². The smallest absolute Gasteiger partial charge is 0.223 e. The van der Waals surface area contributed by atoms with Crippen molar-refractivity contribution in [2.75, 3.05) is 17.1 Å². The van der Waals surface area contributed by atoms with Gasteiger partial charge >= 0.3 is 0 Å². The first-order valence-electron chi connectivity index (χ1n) is 4.53. The number of nitrogens with one attached hydrogen (secondary N) is 1. The van der Waals surface area contributed by atoms with Crippen LogP contribution in [0.1, 0.15) is 13.3 Å². The highest BCUT2D eigenvalue weighted by atomic mass is 35.5. The van der Waals surface area contributed by atoms with Crippen LogP contribution < -0.4 is 5.32 Å². The fraction of sp³-hybridized carbons (Fsp3) is 0.556. The van der Waals surface area contributed by atoms with Crippen LogP contribution in [0.3, 0.4) is 0 Å². The van der Waals surface area contributed by atoms with Crippen LogP contribution in [0.4, 0.5) is 10.3 Å². The lowest BCUT2D eigenvalue weighted by atomic mass is 10.0. The minimum absolute atomic E-state index is 0.333. The molecule has 0 saturated carbocycles. The molecule has 0 atom stereocenters. The monoisotopic (exact) mass is 251 g/mol. The number of rotatable bonds is 5. The standard InChI is InChI=1S/C9H12Cl2FN3/c1-2-9(5-10,6-11)15-8-13-3-7(12)4-14-8/h3-4H,2,5-6H2,1H3,(H,13,14,15). The third-order valence-electron chi connectivity index (χ3n) is 2.19. The molecule has 1 heterocycles. The predicted octanol–water partition coefficient (Wildman–Crippen LogP) is 2.65. The summed E-state index contributed by atoms with van der Waals surface area (Å²) in [5.74, 6) is 0.542. The fourth-order valence-electron chi connectivity index (χ4n) is 0.994. The summed E-state index contributed by atoms with van der Waals surface area (Å²) in [6.45, 7) is 1.96. The van der Waals surface area contributed by atoms with E-state index in [0.29, 0.717) is 17.7 Å². The van der Waals surface area contributed by atoms with Gasteiger partial charge in [-0.1, -0.05) is 6.92 Å². The molecule has 15 heavy (non-hydrogen) atoms. The molecule has 0 spiro atoms. The Labute approximate surface area is 98.0 Å². The van der Waals surface area contributed by atoms with Gasteiger partial charge in [0.1, 0.15) is 0 Å². The maximum absolute atomic E-state index is 12.6. The van der Waals surface area contributed by atoms with Gasteiger partial charge in [-0.25, -0.2) is 14.4 Å². The van der Waals surface area contributed by atoms with Gasteiger partial charge in [-0.15, -0.1) is 23.2 Å². The Morgan fingerprint density at radius 3 is 2.27 bits per heavy atom. The van der Waals surface area contributed by atoms with Gasteiger partial charge in [0.25, 0.3) is 0 Å². The van der Waals surface area contributed by atoms with Gasteiger partial charge in [-0.3, -0.25) is 0 Å². The molecule has 6 heteroatoms. The molecule has 3 nitrogen and oxygen atoms in total. The van der Waals surface area contributed by atoms with Gasteiger partial charge < -0.3 is 5.32 Å². The summed E-state index contributed by atoms with van der Waals surface area (Å²) in [5, 5.41) is 3.02. The minimum atomic E-state index is -0.473. The van der Waals surface area contributed by atoms with E-state index in [2.05, 4.69) is 15.3 Å². The normalized spacial score (nSPS) is 11.5. The predicted molar refractivity (Wildman–Crippen MR) is 60.1 cm³/mol. The molecule has 0 bridgehead atoms. The number of alkyl halides is 2. The average molecular weight is 252 g/mol. The highest BCUT2D eigenvalue weighted by molar-refractivity contribution is 6.22. The Balaban J connectivity index is 2.78. The van der Waals surface area contributed by atoms with Crippen molar-refractivity contribution in [1.29, 1.82) is 0 Å². The van der Waals surface area contributed by atoms with E-state index >= 15 is 0 Å². The summed E-state index contributed by atoms with van der Waals surface area (Å²) in [5.41, 5.74) is -0.444. The molecule has 84 valence electrons. The van der Waals surface area contributed by atoms with E-state index < -0.39 is 11.4 Å². The summed E-state index contributed by atoms with van der Waals surface area (Å²) in [7, 11) is 0. The third kappa shape index (κ3) is 3.18. The Hall–Kier alpha value is -0.610. The second-order valence-corrected chi connectivity index (χ2v) is 3.79. The molecule has 0 aliphatic heterocycles. The molecule has 1 rings (SSSR count). The molecule has 1 aromatic heterocycles. The highest BCUT2D eigenvalue weighted by Gasteiger charge is 2.26. The Morgan fingerprint density at radius 2 is 1.87 bits per heavy atom. The van der Waals surface area contributed by atoms with Crippen molar-refractivity contribution in [2.45, 2.75) is 18.9 Å². The van der Waals surface area contributed by atoms with Crippen LogP contribution in [0.2, 0.25) is 0 Å². The summed E-state index contributed by atoms with van der Waals surface area (Å²) in [4.78, 5) is 7.58. The van der Waals surface area contributed by atoms with Crippen LogP contribution in [-0.2, 0) is 0 Å². The average Bonchev–Trinajstić information content (AvgIpc) is 2.29. The van der Waals surface area contributed by atoms with Crippen molar-refractivity contribution in [2.24, 2.45) is 0 Å². The first-order valence-corrected chi connectivity index (χ1v) is 5.60. The Morgan fingerprint density at radius 1 is 1.33 bits per heavy atom. The molecule has 0 aliphatic rings. The first-order chi connectivity index (χ1) is 7.15. The summed E-state index contributed by atoms with van der Waals surface area (Å²) >= 11 is 11.7. The minimum Gasteiger partial charge on any atom is -0.346 e. The lowest BCUT2D eigenvalue weighted by molar-refractivity contribution is 0.552. The van der Waals surface area contributed by atoms with E-state index in [1.807, 2.05) is 6.92 Å². The molecular weight excluding hydrogens is 240 g/mol. The van der Waals surface area contributed by atoms with E-state index in [4.69, 9.17) is 23.2 Å². The van der Waals surface area contributed by atoms with Crippen LogP contribution in [0.25, 0.3) is 0 Å². The van der Waals surface area contributed by atoms with Crippen LogP contribution in [0.15, 0.2) is 12.4 Å². The van der Waals surface area contributed by atoms with Crippen LogP contribution in [-0.4, -0.2) is 27.3 Å². The molecule has 0 aromatic carbocycles. The van der Waals surface area contributed by atoms with Gasteiger partial charge in [-0.05, 0) is 6.42 Å². The summed E-state index contributed by atoms with van der Waals surface area (Å²) < 4.78 is 12.6. The van der Waals surface area contributed by atoms with Gasteiger partial charge in [0.05, 0.1) is 17.9 Å². The molecule has 1 N–H and O–H groups in total. The zero-order valence-corrected chi connectivity index (χ0v) is 9.82. The van der Waals surface area contributed by atoms with E-state index in [9.17, 15) is 4.39 Å². The zero-order valence-electron chi connectivity index (χ0n) is 8.30. The number of anilines is 1. The molecular formula is C9H12Cl2FN3. The second kappa shape index (κ2) is 5.47. The quantitative estimate of drug-likeness (QED) is 0.818. The van der Waals surface area contributed by atoms with E-state index in [1.54, 1.807) is 0 Å². The fourth-order valence-corrected chi connectivity index (χ4v) is 1.79. The van der Waals surface area contributed by atoms with Gasteiger partial charge in [-0.2, -0.15) is 0 Å². The second-order valence-electron chi connectivity index (χ2n) is 3.25. The van der Waals surface area contributed by atoms with Crippen LogP contribution >= 0.6 is 23.2 Å². The lowest BCUT2D eigenvalue weighted by Gasteiger charge is -2.29. The van der Waals surface area contributed by atoms with E-state index in [1.165, 1.54) is 0 Å². The maximum atomic E-state index is 12.6. The third-order valence-corrected chi connectivity index (χ3v) is 3.21. The topological polar surface area (TPSA) is 37.8 Å². The maximum Gasteiger partial charge on any atom is 0.223 e. The van der Waals surface area contributed by atoms with Gasteiger partial charge in [0.15, 0.2) is 5.82 Å². The van der Waals surface area contributed by atoms with Gasteiger partial charge in [0, 0.05) is 11.8 Å². The lowest BCUT2D eigenvalue weighted by Crippen LogP contribution is -2.42. The van der Waals surface area contributed by atoms with Crippen molar-refractivity contribution in [3.63, 3.8) is 0 Å². The molecule has 1 aromatic rings. The Kier molecular flexibility index (Phi) is 4.54. The summed E-state index contributed by atoms with van der Waals surface area (Å²) in [6.07, 6.45) is 2.93. The molecule has 0 aliphatic carbocycles. The number of halogens is 3. The number of aromatic nitrogens is 2. The van der Waals surface area contributed by atoms with Crippen LogP contribution in [0.5, 0.6) is 0 Å². The number of nitrogens with zero attached hydrogens (tertiary/aromatic N) is 2. The summed E-state index contributed by atoms with van der Waals surface area (Å²) in [6, 6.07) is 0. The zero-order chi connectivity index (χ0) is 11.3.